The molecule has 0 saturated carbocycles. The van der Waals surface area contributed by atoms with E-state index in [0.29, 0.717) is 12.8 Å². The lowest BCUT2D eigenvalue weighted by Gasteiger charge is -2.18. The Balaban J connectivity index is 4.44. The maximum absolute atomic E-state index is 12.8. The van der Waals surface area contributed by atoms with Crippen LogP contribution in [0.15, 0.2) is 97.2 Å². The zero-order valence-corrected chi connectivity index (χ0v) is 41.5. The molecule has 364 valence electrons. The quantitative estimate of drug-likeness (QED) is 0.0262. The molecule has 1 unspecified atom stereocenters. The Morgan fingerprint density at radius 1 is 0.328 bits per heavy atom. The van der Waals surface area contributed by atoms with Crippen molar-refractivity contribution in [2.75, 3.05) is 13.2 Å². The van der Waals surface area contributed by atoms with E-state index in [-0.39, 0.29) is 37.5 Å². The molecule has 0 fully saturated rings. The molecule has 0 aliphatic carbocycles. The SMILES string of the molecule is CC/C=C\C/C=C\C/C=C\C/C=C\CCCCCCCCC(=O)OCC(COC(=O)CCCCCCCCCCCCC)OC(=O)CCCCC/C=C\C/C=C\C/C=C\C/C=C\CC. The Morgan fingerprint density at radius 3 is 0.969 bits per heavy atom. The standard InChI is InChI=1S/C58H96O6/c1-4-7-10-13-16-19-22-24-26-28-29-30-32-33-36-39-42-45-48-51-57(60)63-54-55(53-62-56(59)50-47-44-41-38-35-21-18-15-12-9-6-3)64-58(61)52-49-46-43-40-37-34-31-27-25-23-20-17-14-11-8-5-2/h7-8,10-11,16-17,19-20,24-27,29-30,34,37,55H,4-6,9,12-15,18,21-23,28,31-33,35-36,38-54H2,1-3H3/b10-7-,11-8-,19-16-,20-17-,26-24-,27-25-,30-29-,37-34-. The fourth-order valence-electron chi connectivity index (χ4n) is 6.95. The van der Waals surface area contributed by atoms with Gasteiger partial charge in [-0.3, -0.25) is 14.4 Å². The highest BCUT2D eigenvalue weighted by molar-refractivity contribution is 5.71. The van der Waals surface area contributed by atoms with Crippen LogP contribution in [0, 0.1) is 0 Å². The van der Waals surface area contributed by atoms with Crippen molar-refractivity contribution in [3.05, 3.63) is 97.2 Å². The molecule has 0 saturated heterocycles. The molecule has 0 rings (SSSR count). The van der Waals surface area contributed by atoms with Crippen molar-refractivity contribution in [3.63, 3.8) is 0 Å². The molecule has 64 heavy (non-hydrogen) atoms. The fourth-order valence-corrected chi connectivity index (χ4v) is 6.95. The second kappa shape index (κ2) is 52.0. The molecule has 0 aliphatic rings. The summed E-state index contributed by atoms with van der Waals surface area (Å²) in [6.07, 6.45) is 68.2. The minimum Gasteiger partial charge on any atom is -0.462 e. The lowest BCUT2D eigenvalue weighted by molar-refractivity contribution is -0.167. The van der Waals surface area contributed by atoms with Crippen molar-refractivity contribution in [1.29, 1.82) is 0 Å². The summed E-state index contributed by atoms with van der Waals surface area (Å²) in [5.74, 6) is -0.943. The number of rotatable bonds is 46. The number of esters is 3. The Labute approximate surface area is 394 Å². The zero-order valence-electron chi connectivity index (χ0n) is 41.5. The molecule has 6 nitrogen and oxygen atoms in total. The van der Waals surface area contributed by atoms with Gasteiger partial charge in [0.25, 0.3) is 0 Å². The Kier molecular flexibility index (Phi) is 49.0. The predicted molar refractivity (Wildman–Crippen MR) is 274 cm³/mol. The smallest absolute Gasteiger partial charge is 0.306 e. The van der Waals surface area contributed by atoms with Gasteiger partial charge in [-0.2, -0.15) is 0 Å². The molecule has 0 bridgehead atoms. The van der Waals surface area contributed by atoms with Crippen LogP contribution in [0.2, 0.25) is 0 Å². The third kappa shape index (κ3) is 49.3. The number of unbranched alkanes of at least 4 members (excludes halogenated alkanes) is 19. The molecule has 0 amide bonds. The van der Waals surface area contributed by atoms with E-state index in [1.165, 1.54) is 64.2 Å². The number of carbonyl (C=O) groups excluding carboxylic acids is 3. The first-order valence-corrected chi connectivity index (χ1v) is 26.2. The normalized spacial score (nSPS) is 12.9. The van der Waals surface area contributed by atoms with Gasteiger partial charge in [0.15, 0.2) is 6.10 Å². The van der Waals surface area contributed by atoms with Crippen LogP contribution in [0.3, 0.4) is 0 Å². The number of hydrogen-bond donors (Lipinski definition) is 0. The summed E-state index contributed by atoms with van der Waals surface area (Å²) in [7, 11) is 0. The van der Waals surface area contributed by atoms with E-state index in [0.717, 1.165) is 128 Å². The molecule has 0 spiro atoms. The summed E-state index contributed by atoms with van der Waals surface area (Å²) in [6.45, 7) is 6.36. The summed E-state index contributed by atoms with van der Waals surface area (Å²) < 4.78 is 16.8. The van der Waals surface area contributed by atoms with E-state index in [4.69, 9.17) is 14.2 Å². The average Bonchev–Trinajstić information content (AvgIpc) is 3.29. The monoisotopic (exact) mass is 889 g/mol. The van der Waals surface area contributed by atoms with Crippen molar-refractivity contribution in [2.45, 2.75) is 239 Å². The van der Waals surface area contributed by atoms with Crippen molar-refractivity contribution in [2.24, 2.45) is 0 Å². The van der Waals surface area contributed by atoms with Crippen LogP contribution in [0.25, 0.3) is 0 Å². The number of carbonyl (C=O) groups is 3. The van der Waals surface area contributed by atoms with Crippen molar-refractivity contribution in [1.82, 2.24) is 0 Å². The Hall–Kier alpha value is -3.67. The van der Waals surface area contributed by atoms with Crippen LogP contribution >= 0.6 is 0 Å². The highest BCUT2D eigenvalue weighted by Gasteiger charge is 2.19. The molecule has 0 aromatic carbocycles. The van der Waals surface area contributed by atoms with Gasteiger partial charge in [0.2, 0.25) is 0 Å². The van der Waals surface area contributed by atoms with Crippen LogP contribution in [0.4, 0.5) is 0 Å². The maximum Gasteiger partial charge on any atom is 0.306 e. The lowest BCUT2D eigenvalue weighted by Crippen LogP contribution is -2.30. The lowest BCUT2D eigenvalue weighted by atomic mass is 10.1. The first kappa shape index (κ1) is 60.3. The largest absolute Gasteiger partial charge is 0.462 e. The van der Waals surface area contributed by atoms with Crippen molar-refractivity contribution >= 4 is 17.9 Å². The van der Waals surface area contributed by atoms with Gasteiger partial charge in [-0.05, 0) is 96.3 Å². The highest BCUT2D eigenvalue weighted by Crippen LogP contribution is 2.14. The number of ether oxygens (including phenoxy) is 3. The minimum atomic E-state index is -0.799. The second-order valence-corrected chi connectivity index (χ2v) is 17.0. The summed E-state index contributed by atoms with van der Waals surface area (Å²) in [6, 6.07) is 0. The zero-order chi connectivity index (χ0) is 46.5. The minimum absolute atomic E-state index is 0.0946. The second-order valence-electron chi connectivity index (χ2n) is 17.0. The molecular weight excluding hydrogens is 793 g/mol. The van der Waals surface area contributed by atoms with Gasteiger partial charge in [-0.25, -0.2) is 0 Å². The fraction of sp³-hybridized carbons (Fsp3) is 0.672. The summed E-state index contributed by atoms with van der Waals surface area (Å²) >= 11 is 0. The van der Waals surface area contributed by atoms with E-state index in [9.17, 15) is 14.4 Å². The highest BCUT2D eigenvalue weighted by atomic mass is 16.6. The van der Waals surface area contributed by atoms with Gasteiger partial charge >= 0.3 is 17.9 Å². The number of hydrogen-bond acceptors (Lipinski definition) is 6. The number of allylic oxidation sites excluding steroid dienone is 16. The van der Waals surface area contributed by atoms with E-state index in [1.54, 1.807) is 0 Å². The molecule has 0 aromatic rings. The molecule has 0 heterocycles. The first-order chi connectivity index (χ1) is 31.5. The van der Waals surface area contributed by atoms with E-state index >= 15 is 0 Å². The van der Waals surface area contributed by atoms with Crippen molar-refractivity contribution < 1.29 is 28.6 Å². The van der Waals surface area contributed by atoms with Gasteiger partial charge in [0.05, 0.1) is 0 Å². The van der Waals surface area contributed by atoms with E-state index in [1.807, 2.05) is 0 Å². The first-order valence-electron chi connectivity index (χ1n) is 26.2. The van der Waals surface area contributed by atoms with Crippen LogP contribution in [0.5, 0.6) is 0 Å². The molecule has 0 radical (unpaired) electrons. The molecule has 1 atom stereocenters. The Morgan fingerprint density at radius 2 is 0.609 bits per heavy atom. The summed E-state index contributed by atoms with van der Waals surface area (Å²) in [5.41, 5.74) is 0. The van der Waals surface area contributed by atoms with Crippen LogP contribution in [-0.2, 0) is 28.6 Å². The van der Waals surface area contributed by atoms with Crippen LogP contribution < -0.4 is 0 Å². The third-order valence-corrected chi connectivity index (χ3v) is 10.8. The van der Waals surface area contributed by atoms with Gasteiger partial charge < -0.3 is 14.2 Å². The third-order valence-electron chi connectivity index (χ3n) is 10.8. The van der Waals surface area contributed by atoms with E-state index in [2.05, 4.69) is 118 Å². The molecule has 0 N–H and O–H groups in total. The summed E-state index contributed by atoms with van der Waals surface area (Å²) in [4.78, 5) is 38.0. The molecule has 6 heteroatoms. The van der Waals surface area contributed by atoms with Crippen molar-refractivity contribution in [3.8, 4) is 0 Å². The predicted octanol–water partition coefficient (Wildman–Crippen LogP) is 17.4. The van der Waals surface area contributed by atoms with Crippen LogP contribution in [-0.4, -0.2) is 37.2 Å². The molecular formula is C58H96O6. The molecule has 0 aromatic heterocycles. The Bertz CT molecular complexity index is 1300. The average molecular weight is 889 g/mol. The molecule has 0 aliphatic heterocycles. The summed E-state index contributed by atoms with van der Waals surface area (Å²) in [5, 5.41) is 0. The van der Waals surface area contributed by atoms with Gasteiger partial charge in [-0.15, -0.1) is 0 Å². The van der Waals surface area contributed by atoms with Gasteiger partial charge in [0, 0.05) is 19.3 Å². The maximum atomic E-state index is 12.8. The van der Waals surface area contributed by atoms with Gasteiger partial charge in [0.1, 0.15) is 13.2 Å². The van der Waals surface area contributed by atoms with E-state index < -0.39 is 6.10 Å². The van der Waals surface area contributed by atoms with Gasteiger partial charge in [-0.1, -0.05) is 214 Å². The topological polar surface area (TPSA) is 78.9 Å². The van der Waals surface area contributed by atoms with Crippen LogP contribution in [0.1, 0.15) is 233 Å².